The van der Waals surface area contributed by atoms with Crippen molar-refractivity contribution < 1.29 is 9.90 Å². The molecule has 1 aromatic carbocycles. The van der Waals surface area contributed by atoms with Crippen LogP contribution in [-0.4, -0.2) is 60.8 Å². The van der Waals surface area contributed by atoms with Gasteiger partial charge < -0.3 is 15.3 Å². The molecule has 3 fully saturated rings. The molecular formula is C21H33Cl2N3O2. The minimum Gasteiger partial charge on any atom is -0.387 e. The number of carbonyl (C=O) groups excluding carboxylic acids is 1. The van der Waals surface area contributed by atoms with Crippen molar-refractivity contribution >= 4 is 36.4 Å². The summed E-state index contributed by atoms with van der Waals surface area (Å²) >= 11 is 0. The molecule has 1 aromatic rings. The highest BCUT2D eigenvalue weighted by Gasteiger charge is 2.44. The second-order valence-corrected chi connectivity index (χ2v) is 8.34. The number of hydrogen-bond acceptors (Lipinski definition) is 4. The summed E-state index contributed by atoms with van der Waals surface area (Å²) in [6, 6.07) is 9.63. The molecule has 0 unspecified atom stereocenters. The Morgan fingerprint density at radius 1 is 1.14 bits per heavy atom. The van der Waals surface area contributed by atoms with Crippen molar-refractivity contribution in [3.05, 3.63) is 29.8 Å². The van der Waals surface area contributed by atoms with Gasteiger partial charge in [0.1, 0.15) is 6.61 Å². The number of piperidine rings is 1. The van der Waals surface area contributed by atoms with Crippen molar-refractivity contribution in [2.75, 3.05) is 37.7 Å². The molecule has 2 heterocycles. The van der Waals surface area contributed by atoms with Crippen LogP contribution in [-0.2, 0) is 4.79 Å². The first kappa shape index (κ1) is 23.3. The molecule has 1 aliphatic carbocycles. The van der Waals surface area contributed by atoms with E-state index in [0.717, 1.165) is 32.1 Å². The summed E-state index contributed by atoms with van der Waals surface area (Å²) in [4.78, 5) is 16.8. The number of aliphatic hydroxyl groups excluding tert-OH is 1. The zero-order valence-electron chi connectivity index (χ0n) is 16.5. The third kappa shape index (κ3) is 5.32. The van der Waals surface area contributed by atoms with Crippen LogP contribution < -0.4 is 10.2 Å². The average Bonchev–Trinajstić information content (AvgIpc) is 3.42. The second kappa shape index (κ2) is 10.1. The van der Waals surface area contributed by atoms with Gasteiger partial charge in [-0.05, 0) is 62.1 Å². The van der Waals surface area contributed by atoms with E-state index < -0.39 is 6.61 Å². The van der Waals surface area contributed by atoms with Gasteiger partial charge in [0.05, 0.1) is 0 Å². The summed E-state index contributed by atoms with van der Waals surface area (Å²) < 4.78 is 0. The number of rotatable bonds is 5. The lowest BCUT2D eigenvalue weighted by Crippen LogP contribution is -2.46. The highest BCUT2D eigenvalue weighted by molar-refractivity contribution is 5.85. The van der Waals surface area contributed by atoms with Crippen LogP contribution in [0.4, 0.5) is 5.69 Å². The molecule has 0 bridgehead atoms. The highest BCUT2D eigenvalue weighted by Crippen LogP contribution is 2.42. The normalized spacial score (nSPS) is 25.7. The van der Waals surface area contributed by atoms with Crippen molar-refractivity contribution in [1.82, 2.24) is 10.2 Å². The molecule has 0 radical (unpaired) electrons. The largest absolute Gasteiger partial charge is 0.387 e. The number of aryl methyl sites for hydroxylation is 1. The second-order valence-electron chi connectivity index (χ2n) is 8.34. The SMILES string of the molecule is Cc1cccc(N2CCC(N3C[C@H](NC(=O)CO)[C@@H](C4CC4)C3)CC2)c1.Cl.Cl. The van der Waals surface area contributed by atoms with Crippen LogP contribution in [0, 0.1) is 18.8 Å². The molecular weight excluding hydrogens is 397 g/mol. The molecule has 28 heavy (non-hydrogen) atoms. The van der Waals surface area contributed by atoms with E-state index in [1.807, 2.05) is 0 Å². The molecule has 2 aliphatic heterocycles. The average molecular weight is 430 g/mol. The Balaban J connectivity index is 0.00000140. The molecule has 3 aliphatic rings. The Morgan fingerprint density at radius 2 is 1.86 bits per heavy atom. The molecule has 4 rings (SSSR count). The first-order valence-corrected chi connectivity index (χ1v) is 10.1. The van der Waals surface area contributed by atoms with Crippen molar-refractivity contribution in [2.45, 2.75) is 44.7 Å². The van der Waals surface area contributed by atoms with Gasteiger partial charge in [-0.25, -0.2) is 0 Å². The smallest absolute Gasteiger partial charge is 0.245 e. The Morgan fingerprint density at radius 3 is 2.46 bits per heavy atom. The molecule has 1 saturated carbocycles. The summed E-state index contributed by atoms with van der Waals surface area (Å²) in [6.07, 6.45) is 4.98. The number of amides is 1. The Kier molecular flexibility index (Phi) is 8.44. The number of hydrogen-bond donors (Lipinski definition) is 2. The number of aliphatic hydroxyl groups is 1. The van der Waals surface area contributed by atoms with Gasteiger partial charge in [-0.2, -0.15) is 0 Å². The highest BCUT2D eigenvalue weighted by atomic mass is 35.5. The first-order chi connectivity index (χ1) is 12.6. The number of likely N-dealkylation sites (tertiary alicyclic amines) is 1. The molecule has 0 aromatic heterocycles. The number of nitrogens with one attached hydrogen (secondary N) is 1. The summed E-state index contributed by atoms with van der Waals surface area (Å²) in [5.41, 5.74) is 2.66. The minimum absolute atomic E-state index is 0. The quantitative estimate of drug-likeness (QED) is 0.754. The van der Waals surface area contributed by atoms with Crippen molar-refractivity contribution in [1.29, 1.82) is 0 Å². The number of nitrogens with zero attached hydrogens (tertiary/aromatic N) is 2. The van der Waals surface area contributed by atoms with Gasteiger partial charge in [0.2, 0.25) is 5.91 Å². The third-order valence-corrected chi connectivity index (χ3v) is 6.46. The maximum atomic E-state index is 11.7. The molecule has 158 valence electrons. The van der Waals surface area contributed by atoms with Gasteiger partial charge in [0, 0.05) is 44.0 Å². The van der Waals surface area contributed by atoms with Crippen LogP contribution in [0.5, 0.6) is 0 Å². The van der Waals surface area contributed by atoms with E-state index in [1.54, 1.807) is 0 Å². The van der Waals surface area contributed by atoms with Crippen LogP contribution in [0.15, 0.2) is 24.3 Å². The number of carbonyl (C=O) groups is 1. The molecule has 7 heteroatoms. The third-order valence-electron chi connectivity index (χ3n) is 6.46. The van der Waals surface area contributed by atoms with Crippen LogP contribution in [0.25, 0.3) is 0 Å². The summed E-state index contributed by atoms with van der Waals surface area (Å²) in [5.74, 6) is 1.12. The molecule has 2 saturated heterocycles. The Bertz CT molecular complexity index is 648. The lowest BCUT2D eigenvalue weighted by molar-refractivity contribution is -0.124. The Labute approximate surface area is 180 Å². The zero-order valence-corrected chi connectivity index (χ0v) is 18.2. The van der Waals surface area contributed by atoms with Crippen molar-refractivity contribution in [3.8, 4) is 0 Å². The number of benzene rings is 1. The monoisotopic (exact) mass is 429 g/mol. The van der Waals surface area contributed by atoms with Crippen LogP contribution in [0.1, 0.15) is 31.2 Å². The van der Waals surface area contributed by atoms with E-state index in [0.29, 0.717) is 12.0 Å². The molecule has 5 nitrogen and oxygen atoms in total. The maximum Gasteiger partial charge on any atom is 0.245 e. The van der Waals surface area contributed by atoms with Gasteiger partial charge in [0.15, 0.2) is 0 Å². The molecule has 1 amide bonds. The van der Waals surface area contributed by atoms with Gasteiger partial charge >= 0.3 is 0 Å². The summed E-state index contributed by atoms with van der Waals surface area (Å²) in [6.45, 7) is 6.01. The predicted octanol–water partition coefficient (Wildman–Crippen LogP) is 2.63. The van der Waals surface area contributed by atoms with Crippen LogP contribution >= 0.6 is 24.8 Å². The van der Waals surface area contributed by atoms with Gasteiger partial charge in [-0.15, -0.1) is 24.8 Å². The van der Waals surface area contributed by atoms with E-state index in [2.05, 4.69) is 46.3 Å². The van der Waals surface area contributed by atoms with E-state index in [1.165, 1.54) is 36.9 Å². The van der Waals surface area contributed by atoms with Gasteiger partial charge in [-0.3, -0.25) is 9.69 Å². The van der Waals surface area contributed by atoms with Crippen LogP contribution in [0.2, 0.25) is 0 Å². The summed E-state index contributed by atoms with van der Waals surface area (Å²) in [7, 11) is 0. The van der Waals surface area contributed by atoms with Gasteiger partial charge in [0.25, 0.3) is 0 Å². The van der Waals surface area contributed by atoms with Gasteiger partial charge in [-0.1, -0.05) is 12.1 Å². The minimum atomic E-state index is -0.400. The predicted molar refractivity (Wildman–Crippen MR) is 118 cm³/mol. The Hall–Kier alpha value is -1.01. The topological polar surface area (TPSA) is 55.8 Å². The van der Waals surface area contributed by atoms with Crippen molar-refractivity contribution in [3.63, 3.8) is 0 Å². The number of anilines is 1. The summed E-state index contributed by atoms with van der Waals surface area (Å²) in [5, 5.41) is 12.1. The molecule has 2 N–H and O–H groups in total. The maximum absolute atomic E-state index is 11.7. The lowest BCUT2D eigenvalue weighted by Gasteiger charge is -2.38. The van der Waals surface area contributed by atoms with E-state index >= 15 is 0 Å². The van der Waals surface area contributed by atoms with E-state index in [4.69, 9.17) is 5.11 Å². The molecule has 0 spiro atoms. The zero-order chi connectivity index (χ0) is 18.1. The van der Waals surface area contributed by atoms with Crippen molar-refractivity contribution in [2.24, 2.45) is 11.8 Å². The first-order valence-electron chi connectivity index (χ1n) is 10.1. The fourth-order valence-electron chi connectivity index (χ4n) is 4.88. The van der Waals surface area contributed by atoms with E-state index in [-0.39, 0.29) is 36.8 Å². The number of halogens is 2. The van der Waals surface area contributed by atoms with Crippen LogP contribution in [0.3, 0.4) is 0 Å². The standard InChI is InChI=1S/C21H31N3O2.2ClH/c1-15-3-2-4-18(11-15)23-9-7-17(8-10-23)24-12-19(16-5-6-16)20(13-24)22-21(26)14-25;;/h2-4,11,16-17,19-20,25H,5-10,12-14H2,1H3,(H,22,26);2*1H/t19-,20+;;/m1../s1. The fourth-order valence-corrected chi connectivity index (χ4v) is 4.88. The van der Waals surface area contributed by atoms with E-state index in [9.17, 15) is 4.79 Å². The molecule has 2 atom stereocenters. The lowest BCUT2D eigenvalue weighted by atomic mass is 9.98. The fraction of sp³-hybridized carbons (Fsp3) is 0.667.